The Morgan fingerprint density at radius 1 is 0.929 bits per heavy atom. The van der Waals surface area contributed by atoms with E-state index in [-0.39, 0.29) is 6.61 Å². The molecule has 0 aliphatic carbocycles. The van der Waals surface area contributed by atoms with Crippen molar-refractivity contribution in [3.8, 4) is 0 Å². The molecular weight excluding hydrogens is 391 g/mol. The second-order valence-electron chi connectivity index (χ2n) is 6.83. The summed E-state index contributed by atoms with van der Waals surface area (Å²) in [6.07, 6.45) is 0. The first kappa shape index (κ1) is 18.9. The summed E-state index contributed by atoms with van der Waals surface area (Å²) in [6.45, 7) is 4.03. The molecule has 0 fully saturated rings. The number of hydrogen-bond acceptors (Lipinski definition) is 3. The van der Waals surface area contributed by atoms with Crippen molar-refractivity contribution in [1.29, 1.82) is 0 Å². The number of fused-ring (bicyclic) bond motifs is 1. The lowest BCUT2D eigenvalue weighted by Gasteiger charge is -2.18. The van der Waals surface area contributed by atoms with Crippen molar-refractivity contribution in [3.63, 3.8) is 0 Å². The van der Waals surface area contributed by atoms with E-state index in [0.29, 0.717) is 10.0 Å². The van der Waals surface area contributed by atoms with E-state index in [4.69, 9.17) is 28.0 Å². The Bertz CT molecular complexity index is 987. The van der Waals surface area contributed by atoms with Crippen molar-refractivity contribution in [2.75, 3.05) is 4.90 Å². The second-order valence-corrected chi connectivity index (χ2v) is 7.64. The van der Waals surface area contributed by atoms with Gasteiger partial charge in [0.1, 0.15) is 6.61 Å². The van der Waals surface area contributed by atoms with E-state index in [2.05, 4.69) is 52.5 Å². The van der Waals surface area contributed by atoms with Crippen LogP contribution in [0.2, 0.25) is 10.0 Å². The quantitative estimate of drug-likeness (QED) is 0.356. The molecule has 3 aromatic rings. The molecule has 0 aromatic heterocycles. The first-order valence-electron chi connectivity index (χ1n) is 9.13. The van der Waals surface area contributed by atoms with Gasteiger partial charge in [-0.05, 0) is 42.3 Å². The van der Waals surface area contributed by atoms with E-state index in [1.165, 1.54) is 16.8 Å². The maximum Gasteiger partial charge on any atom is 0.145 e. The van der Waals surface area contributed by atoms with Gasteiger partial charge in [-0.1, -0.05) is 70.8 Å². The van der Waals surface area contributed by atoms with Crippen molar-refractivity contribution in [2.45, 2.75) is 26.6 Å². The highest BCUT2D eigenvalue weighted by Gasteiger charge is 2.18. The van der Waals surface area contributed by atoms with Gasteiger partial charge in [-0.25, -0.2) is 0 Å². The number of oxime groups is 1. The van der Waals surface area contributed by atoms with E-state index < -0.39 is 0 Å². The summed E-state index contributed by atoms with van der Waals surface area (Å²) in [5.74, 6) is 0. The summed E-state index contributed by atoms with van der Waals surface area (Å²) in [5, 5.41) is 5.42. The minimum atomic E-state index is 0.233. The van der Waals surface area contributed by atoms with Crippen molar-refractivity contribution < 1.29 is 4.84 Å². The van der Waals surface area contributed by atoms with Gasteiger partial charge in [-0.2, -0.15) is 0 Å². The van der Waals surface area contributed by atoms with Crippen LogP contribution in [-0.4, -0.2) is 5.71 Å². The van der Waals surface area contributed by atoms with Gasteiger partial charge in [0.25, 0.3) is 0 Å². The average molecular weight is 411 g/mol. The Balaban J connectivity index is 1.46. The van der Waals surface area contributed by atoms with Gasteiger partial charge < -0.3 is 9.74 Å². The molecule has 0 saturated carbocycles. The predicted molar refractivity (Wildman–Crippen MR) is 116 cm³/mol. The molecular formula is C23H20Cl2N2O. The summed E-state index contributed by atoms with van der Waals surface area (Å²) in [6, 6.07) is 22.3. The number of benzene rings is 3. The van der Waals surface area contributed by atoms with Crippen LogP contribution in [0.3, 0.4) is 0 Å². The van der Waals surface area contributed by atoms with Gasteiger partial charge in [0.2, 0.25) is 0 Å². The molecule has 1 aliphatic heterocycles. The Hall–Kier alpha value is -2.49. The van der Waals surface area contributed by atoms with Crippen LogP contribution < -0.4 is 4.90 Å². The third-order valence-electron chi connectivity index (χ3n) is 4.94. The molecule has 0 saturated heterocycles. The normalized spacial score (nSPS) is 13.5. The van der Waals surface area contributed by atoms with Crippen LogP contribution in [0, 0.1) is 0 Å². The first-order chi connectivity index (χ1) is 13.6. The minimum Gasteiger partial charge on any atom is -0.391 e. The Morgan fingerprint density at radius 2 is 1.57 bits per heavy atom. The molecule has 1 aliphatic rings. The highest BCUT2D eigenvalue weighted by molar-refractivity contribution is 6.35. The van der Waals surface area contributed by atoms with Gasteiger partial charge in [0, 0.05) is 39.9 Å². The SMILES string of the molecule is C/C(=N\OCc1c(Cl)cccc1Cl)c1cccc(N2Cc3ccccc3C2)c1. The van der Waals surface area contributed by atoms with Crippen molar-refractivity contribution >= 4 is 34.6 Å². The highest BCUT2D eigenvalue weighted by Crippen LogP contribution is 2.29. The second kappa shape index (κ2) is 8.26. The maximum atomic E-state index is 6.18. The Kier molecular flexibility index (Phi) is 5.56. The highest BCUT2D eigenvalue weighted by atomic mass is 35.5. The lowest BCUT2D eigenvalue weighted by molar-refractivity contribution is 0.130. The third kappa shape index (κ3) is 4.01. The molecule has 28 heavy (non-hydrogen) atoms. The molecule has 142 valence electrons. The zero-order valence-corrected chi connectivity index (χ0v) is 17.0. The number of hydrogen-bond donors (Lipinski definition) is 0. The van der Waals surface area contributed by atoms with Crippen LogP contribution in [0.15, 0.2) is 71.9 Å². The van der Waals surface area contributed by atoms with Crippen LogP contribution in [0.4, 0.5) is 5.69 Å². The largest absolute Gasteiger partial charge is 0.391 e. The molecule has 0 N–H and O–H groups in total. The number of rotatable bonds is 5. The average Bonchev–Trinajstić information content (AvgIpc) is 3.14. The van der Waals surface area contributed by atoms with Crippen molar-refractivity contribution in [1.82, 2.24) is 0 Å². The number of halogens is 2. The van der Waals surface area contributed by atoms with Crippen molar-refractivity contribution in [3.05, 3.63) is 99.0 Å². The number of anilines is 1. The van der Waals surface area contributed by atoms with Crippen LogP contribution in [0.25, 0.3) is 0 Å². The smallest absolute Gasteiger partial charge is 0.145 e. The lowest BCUT2D eigenvalue weighted by atomic mass is 10.1. The van der Waals surface area contributed by atoms with Crippen LogP contribution in [0.1, 0.15) is 29.2 Å². The van der Waals surface area contributed by atoms with Crippen molar-refractivity contribution in [2.24, 2.45) is 5.16 Å². The summed E-state index contributed by atoms with van der Waals surface area (Å²) in [7, 11) is 0. The van der Waals surface area contributed by atoms with Gasteiger partial charge in [0.15, 0.2) is 0 Å². The van der Waals surface area contributed by atoms with E-state index in [0.717, 1.165) is 29.9 Å². The summed E-state index contributed by atoms with van der Waals surface area (Å²) < 4.78 is 0. The minimum absolute atomic E-state index is 0.233. The molecule has 1 heterocycles. The molecule has 0 spiro atoms. The summed E-state index contributed by atoms with van der Waals surface area (Å²) >= 11 is 12.4. The number of nitrogens with zero attached hydrogens (tertiary/aromatic N) is 2. The predicted octanol–water partition coefficient (Wildman–Crippen LogP) is 6.45. The van der Waals surface area contributed by atoms with E-state index in [1.54, 1.807) is 12.1 Å². The zero-order chi connectivity index (χ0) is 19.5. The fourth-order valence-corrected chi connectivity index (χ4v) is 3.87. The molecule has 0 amide bonds. The molecule has 5 heteroatoms. The lowest BCUT2D eigenvalue weighted by Crippen LogP contribution is -2.14. The molecule has 0 bridgehead atoms. The van der Waals surface area contributed by atoms with Gasteiger partial charge in [0.05, 0.1) is 5.71 Å². The molecule has 0 unspecified atom stereocenters. The van der Waals surface area contributed by atoms with Crippen LogP contribution in [0.5, 0.6) is 0 Å². The molecule has 0 radical (unpaired) electrons. The van der Waals surface area contributed by atoms with Crippen LogP contribution in [-0.2, 0) is 24.5 Å². The molecule has 0 atom stereocenters. The monoisotopic (exact) mass is 410 g/mol. The van der Waals surface area contributed by atoms with Gasteiger partial charge in [-0.15, -0.1) is 0 Å². The first-order valence-corrected chi connectivity index (χ1v) is 9.89. The van der Waals surface area contributed by atoms with Crippen LogP contribution >= 0.6 is 23.2 Å². The molecule has 3 aromatic carbocycles. The Labute approximate surface area is 175 Å². The maximum absolute atomic E-state index is 6.18. The van der Waals surface area contributed by atoms with Gasteiger partial charge in [-0.3, -0.25) is 0 Å². The fraction of sp³-hybridized carbons (Fsp3) is 0.174. The van der Waals surface area contributed by atoms with Gasteiger partial charge >= 0.3 is 0 Å². The van der Waals surface area contributed by atoms with E-state index in [1.807, 2.05) is 19.1 Å². The standard InChI is InChI=1S/C23H20Cl2N2O/c1-16(26-28-15-21-22(24)10-5-11-23(21)25)17-8-4-9-20(12-17)27-13-18-6-2-3-7-19(18)14-27/h2-12H,13-15H2,1H3/b26-16+. The molecule has 4 rings (SSSR count). The molecule has 3 nitrogen and oxygen atoms in total. The van der Waals surface area contributed by atoms with E-state index in [9.17, 15) is 0 Å². The topological polar surface area (TPSA) is 24.8 Å². The zero-order valence-electron chi connectivity index (χ0n) is 15.5. The Morgan fingerprint density at radius 3 is 2.25 bits per heavy atom. The summed E-state index contributed by atoms with van der Waals surface area (Å²) in [4.78, 5) is 7.89. The van der Waals surface area contributed by atoms with E-state index >= 15 is 0 Å². The summed E-state index contributed by atoms with van der Waals surface area (Å²) in [5.41, 5.74) is 6.53. The third-order valence-corrected chi connectivity index (χ3v) is 5.65. The fourth-order valence-electron chi connectivity index (χ4n) is 3.36.